The zero-order valence-corrected chi connectivity index (χ0v) is 9.18. The average Bonchev–Trinajstić information content (AvgIpc) is 2.62. The van der Waals surface area contributed by atoms with Crippen molar-refractivity contribution in [3.8, 4) is 11.4 Å². The van der Waals surface area contributed by atoms with Crippen molar-refractivity contribution in [1.29, 1.82) is 0 Å². The Labute approximate surface area is 89.2 Å². The molecule has 4 heteroatoms. The van der Waals surface area contributed by atoms with Gasteiger partial charge in [0.15, 0.2) is 5.82 Å². The number of hydrogen-bond acceptors (Lipinski definition) is 3. The van der Waals surface area contributed by atoms with E-state index in [1.165, 1.54) is 0 Å². The summed E-state index contributed by atoms with van der Waals surface area (Å²) in [5.41, 5.74) is 1.08. The molecule has 78 valence electrons. The highest BCUT2D eigenvalue weighted by Crippen LogP contribution is 2.18. The van der Waals surface area contributed by atoms with Gasteiger partial charge in [-0.3, -0.25) is 0 Å². The molecule has 0 aliphatic heterocycles. The second-order valence-electron chi connectivity index (χ2n) is 3.62. The van der Waals surface area contributed by atoms with Crippen molar-refractivity contribution in [2.75, 3.05) is 19.0 Å². The van der Waals surface area contributed by atoms with Gasteiger partial charge >= 0.3 is 0 Å². The Kier molecular flexibility index (Phi) is 2.41. The summed E-state index contributed by atoms with van der Waals surface area (Å²) in [6.07, 6.45) is 0. The predicted molar refractivity (Wildman–Crippen MR) is 60.8 cm³/mol. The minimum absolute atomic E-state index is 0.733. The predicted octanol–water partition coefficient (Wildman–Crippen LogP) is 1.55. The van der Waals surface area contributed by atoms with Crippen LogP contribution in [0.25, 0.3) is 11.4 Å². The van der Waals surface area contributed by atoms with Gasteiger partial charge in [-0.1, -0.05) is 30.3 Å². The maximum Gasteiger partial charge on any atom is 0.244 e. The summed E-state index contributed by atoms with van der Waals surface area (Å²) in [6.45, 7) is 0. The summed E-state index contributed by atoms with van der Waals surface area (Å²) in [4.78, 5) is 6.35. The van der Waals surface area contributed by atoms with Crippen LogP contribution in [0.5, 0.6) is 0 Å². The van der Waals surface area contributed by atoms with Gasteiger partial charge in [0, 0.05) is 26.7 Å². The monoisotopic (exact) mass is 202 g/mol. The molecule has 0 saturated heterocycles. The first-order valence-electron chi connectivity index (χ1n) is 4.82. The third-order valence-electron chi connectivity index (χ3n) is 2.18. The summed E-state index contributed by atoms with van der Waals surface area (Å²) in [7, 11) is 5.77. The third kappa shape index (κ3) is 1.83. The van der Waals surface area contributed by atoms with E-state index in [0.29, 0.717) is 0 Å². The Balaban J connectivity index is 2.45. The molecule has 0 radical (unpaired) electrons. The number of benzene rings is 1. The molecule has 0 aliphatic rings. The SMILES string of the molecule is CN(C)c1nc(-c2ccccc2)n(C)n1. The van der Waals surface area contributed by atoms with E-state index in [9.17, 15) is 0 Å². The first-order chi connectivity index (χ1) is 7.18. The van der Waals surface area contributed by atoms with Crippen LogP contribution >= 0.6 is 0 Å². The molecule has 0 bridgehead atoms. The smallest absolute Gasteiger partial charge is 0.244 e. The lowest BCUT2D eigenvalue weighted by molar-refractivity contribution is 0.769. The highest BCUT2D eigenvalue weighted by molar-refractivity contribution is 5.56. The van der Waals surface area contributed by atoms with E-state index < -0.39 is 0 Å². The molecule has 0 atom stereocenters. The van der Waals surface area contributed by atoms with Crippen LogP contribution in [0.4, 0.5) is 5.95 Å². The van der Waals surface area contributed by atoms with Crippen LogP contribution in [0, 0.1) is 0 Å². The van der Waals surface area contributed by atoms with Gasteiger partial charge in [-0.25, -0.2) is 4.68 Å². The number of aromatic nitrogens is 3. The van der Waals surface area contributed by atoms with E-state index in [0.717, 1.165) is 17.3 Å². The minimum Gasteiger partial charge on any atom is -0.346 e. The van der Waals surface area contributed by atoms with E-state index in [-0.39, 0.29) is 0 Å². The van der Waals surface area contributed by atoms with Crippen LogP contribution in [0.3, 0.4) is 0 Å². The third-order valence-corrected chi connectivity index (χ3v) is 2.18. The van der Waals surface area contributed by atoms with Gasteiger partial charge in [0.05, 0.1) is 0 Å². The standard InChI is InChI=1S/C11H14N4/c1-14(2)11-12-10(15(3)13-11)9-7-5-4-6-8-9/h4-8H,1-3H3. The lowest BCUT2D eigenvalue weighted by atomic mass is 10.2. The Morgan fingerprint density at radius 1 is 1.13 bits per heavy atom. The van der Waals surface area contributed by atoms with Gasteiger partial charge in [0.25, 0.3) is 0 Å². The first-order valence-corrected chi connectivity index (χ1v) is 4.82. The second kappa shape index (κ2) is 3.73. The number of nitrogens with zero attached hydrogens (tertiary/aromatic N) is 4. The average molecular weight is 202 g/mol. The van der Waals surface area contributed by atoms with Gasteiger partial charge < -0.3 is 4.90 Å². The molecule has 1 heterocycles. The molecule has 0 saturated carbocycles. The van der Waals surface area contributed by atoms with Crippen LogP contribution in [0.2, 0.25) is 0 Å². The molecule has 0 amide bonds. The number of rotatable bonds is 2. The van der Waals surface area contributed by atoms with Gasteiger partial charge in [-0.15, -0.1) is 5.10 Å². The largest absolute Gasteiger partial charge is 0.346 e. The van der Waals surface area contributed by atoms with E-state index >= 15 is 0 Å². The molecule has 2 rings (SSSR count). The van der Waals surface area contributed by atoms with Crippen molar-refractivity contribution in [3.63, 3.8) is 0 Å². The molecule has 0 N–H and O–H groups in total. The molecule has 0 aliphatic carbocycles. The summed E-state index contributed by atoms with van der Waals surface area (Å²) in [5.74, 6) is 1.62. The Morgan fingerprint density at radius 2 is 1.80 bits per heavy atom. The Hall–Kier alpha value is -1.84. The van der Waals surface area contributed by atoms with E-state index in [1.54, 1.807) is 4.68 Å². The zero-order chi connectivity index (χ0) is 10.8. The Bertz CT molecular complexity index is 445. The maximum absolute atomic E-state index is 4.46. The van der Waals surface area contributed by atoms with Crippen molar-refractivity contribution < 1.29 is 0 Å². The summed E-state index contributed by atoms with van der Waals surface area (Å²) < 4.78 is 1.80. The van der Waals surface area contributed by atoms with Crippen LogP contribution in [-0.4, -0.2) is 28.9 Å². The maximum atomic E-state index is 4.46. The lowest BCUT2D eigenvalue weighted by Crippen LogP contribution is -2.10. The van der Waals surface area contributed by atoms with Gasteiger partial charge in [-0.05, 0) is 0 Å². The van der Waals surface area contributed by atoms with Crippen LogP contribution < -0.4 is 4.90 Å². The summed E-state index contributed by atoms with van der Waals surface area (Å²) in [5, 5.41) is 4.32. The lowest BCUT2D eigenvalue weighted by Gasteiger charge is -2.03. The number of hydrogen-bond donors (Lipinski definition) is 0. The van der Waals surface area contributed by atoms with Crippen molar-refractivity contribution in [1.82, 2.24) is 14.8 Å². The van der Waals surface area contributed by atoms with E-state index in [2.05, 4.69) is 10.1 Å². The molecule has 1 aromatic heterocycles. The highest BCUT2D eigenvalue weighted by Gasteiger charge is 2.09. The fourth-order valence-electron chi connectivity index (χ4n) is 1.40. The zero-order valence-electron chi connectivity index (χ0n) is 9.18. The van der Waals surface area contributed by atoms with Gasteiger partial charge in [-0.2, -0.15) is 4.98 Å². The molecule has 1 aromatic carbocycles. The Morgan fingerprint density at radius 3 is 2.33 bits per heavy atom. The molecule has 0 unspecified atom stereocenters. The summed E-state index contributed by atoms with van der Waals surface area (Å²) in [6, 6.07) is 10.1. The van der Waals surface area contributed by atoms with Crippen molar-refractivity contribution in [2.24, 2.45) is 7.05 Å². The fraction of sp³-hybridized carbons (Fsp3) is 0.273. The minimum atomic E-state index is 0.733. The molecular weight excluding hydrogens is 188 g/mol. The second-order valence-corrected chi connectivity index (χ2v) is 3.62. The highest BCUT2D eigenvalue weighted by atomic mass is 15.4. The molecule has 2 aromatic rings. The van der Waals surface area contributed by atoms with Crippen LogP contribution in [0.15, 0.2) is 30.3 Å². The van der Waals surface area contributed by atoms with Gasteiger partial charge in [0.2, 0.25) is 5.95 Å². The van der Waals surface area contributed by atoms with Crippen LogP contribution in [0.1, 0.15) is 0 Å². The molecular formula is C11H14N4. The first kappa shape index (κ1) is 9.71. The van der Waals surface area contributed by atoms with Crippen LogP contribution in [-0.2, 0) is 7.05 Å². The summed E-state index contributed by atoms with van der Waals surface area (Å²) >= 11 is 0. The number of anilines is 1. The topological polar surface area (TPSA) is 34.0 Å². The number of aryl methyl sites for hydroxylation is 1. The van der Waals surface area contributed by atoms with E-state index in [1.807, 2.05) is 56.4 Å². The molecule has 15 heavy (non-hydrogen) atoms. The quantitative estimate of drug-likeness (QED) is 0.741. The van der Waals surface area contributed by atoms with Crippen molar-refractivity contribution in [3.05, 3.63) is 30.3 Å². The van der Waals surface area contributed by atoms with Crippen molar-refractivity contribution >= 4 is 5.95 Å². The fourth-order valence-corrected chi connectivity index (χ4v) is 1.40. The molecule has 4 nitrogen and oxygen atoms in total. The normalized spacial score (nSPS) is 10.3. The van der Waals surface area contributed by atoms with E-state index in [4.69, 9.17) is 0 Å². The van der Waals surface area contributed by atoms with Gasteiger partial charge in [0.1, 0.15) is 0 Å². The molecule has 0 spiro atoms. The van der Waals surface area contributed by atoms with Crippen molar-refractivity contribution in [2.45, 2.75) is 0 Å². The molecule has 0 fully saturated rings.